The zero-order valence-corrected chi connectivity index (χ0v) is 18.4. The summed E-state index contributed by atoms with van der Waals surface area (Å²) in [6.07, 6.45) is 5.44. The SMILES string of the molecule is CCSC1C(C(=O)O)=C(C)C=C(N2CCOCC2)N1CCCC(C)(C)CC. The predicted octanol–water partition coefficient (Wildman–Crippen LogP) is 4.17. The van der Waals surface area contributed by atoms with Crippen molar-refractivity contribution in [3.05, 3.63) is 23.0 Å². The molecule has 1 unspecified atom stereocenters. The topological polar surface area (TPSA) is 53.0 Å². The third-order valence-electron chi connectivity index (χ3n) is 5.69. The molecule has 6 heteroatoms. The Labute approximate surface area is 168 Å². The number of nitrogens with zero attached hydrogens (tertiary/aromatic N) is 2. The normalized spacial score (nSPS) is 21.5. The minimum Gasteiger partial charge on any atom is -0.478 e. The number of ether oxygens (including phenoxy) is 1. The van der Waals surface area contributed by atoms with Crippen molar-refractivity contribution >= 4 is 17.7 Å². The van der Waals surface area contributed by atoms with Crippen LogP contribution in [0.4, 0.5) is 0 Å². The number of hydrogen-bond donors (Lipinski definition) is 1. The van der Waals surface area contributed by atoms with E-state index in [-0.39, 0.29) is 5.37 Å². The monoisotopic (exact) mass is 396 g/mol. The molecule has 0 aromatic carbocycles. The highest BCUT2D eigenvalue weighted by Crippen LogP contribution is 2.36. The Morgan fingerprint density at radius 3 is 2.56 bits per heavy atom. The van der Waals surface area contributed by atoms with Gasteiger partial charge >= 0.3 is 5.97 Å². The van der Waals surface area contributed by atoms with Gasteiger partial charge in [-0.05, 0) is 42.6 Å². The minimum atomic E-state index is -0.797. The maximum Gasteiger partial charge on any atom is 0.334 e. The smallest absolute Gasteiger partial charge is 0.334 e. The molecule has 27 heavy (non-hydrogen) atoms. The van der Waals surface area contributed by atoms with Gasteiger partial charge in [-0.25, -0.2) is 4.79 Å². The van der Waals surface area contributed by atoms with E-state index >= 15 is 0 Å². The van der Waals surface area contributed by atoms with E-state index in [9.17, 15) is 9.90 Å². The molecule has 0 radical (unpaired) electrons. The van der Waals surface area contributed by atoms with Crippen molar-refractivity contribution in [2.24, 2.45) is 5.41 Å². The molecule has 2 aliphatic heterocycles. The summed E-state index contributed by atoms with van der Waals surface area (Å²) < 4.78 is 5.53. The number of carboxylic acids is 1. The van der Waals surface area contributed by atoms with Crippen molar-refractivity contribution in [3.63, 3.8) is 0 Å². The van der Waals surface area contributed by atoms with Crippen molar-refractivity contribution in [3.8, 4) is 0 Å². The predicted molar refractivity (Wildman–Crippen MR) is 113 cm³/mol. The minimum absolute atomic E-state index is 0.125. The molecule has 2 aliphatic rings. The Morgan fingerprint density at radius 1 is 1.33 bits per heavy atom. The van der Waals surface area contributed by atoms with Gasteiger partial charge in [0.25, 0.3) is 0 Å². The van der Waals surface area contributed by atoms with Gasteiger partial charge in [0.1, 0.15) is 11.2 Å². The zero-order chi connectivity index (χ0) is 20.0. The van der Waals surface area contributed by atoms with Crippen LogP contribution in [0.5, 0.6) is 0 Å². The molecule has 0 spiro atoms. The van der Waals surface area contributed by atoms with Gasteiger partial charge in [0.2, 0.25) is 0 Å². The van der Waals surface area contributed by atoms with E-state index < -0.39 is 5.97 Å². The van der Waals surface area contributed by atoms with E-state index in [1.165, 1.54) is 5.82 Å². The van der Waals surface area contributed by atoms with Crippen LogP contribution in [-0.4, -0.2) is 64.9 Å². The maximum atomic E-state index is 12.0. The fourth-order valence-corrected chi connectivity index (χ4v) is 4.79. The Hall–Kier alpha value is -1.14. The third kappa shape index (κ3) is 5.67. The highest BCUT2D eigenvalue weighted by molar-refractivity contribution is 8.00. The Kier molecular flexibility index (Phi) is 8.10. The summed E-state index contributed by atoms with van der Waals surface area (Å²) in [4.78, 5) is 16.7. The standard InChI is InChI=1S/C21H36N2O3S/c1-6-21(4,5)9-8-10-23-17(22-11-13-26-14-12-22)15-16(3)18(20(24)25)19(23)27-7-2/h15,19H,6-14H2,1-5H3,(H,24,25). The average molecular weight is 397 g/mol. The molecule has 0 bridgehead atoms. The van der Waals surface area contributed by atoms with E-state index in [1.807, 2.05) is 6.92 Å². The molecule has 0 saturated carbocycles. The van der Waals surface area contributed by atoms with Crippen LogP contribution in [0.3, 0.4) is 0 Å². The van der Waals surface area contributed by atoms with Crippen molar-refractivity contribution in [1.29, 1.82) is 0 Å². The van der Waals surface area contributed by atoms with Gasteiger partial charge < -0.3 is 19.6 Å². The van der Waals surface area contributed by atoms with E-state index in [0.717, 1.165) is 63.4 Å². The fraction of sp³-hybridized carbons (Fsp3) is 0.762. The molecule has 0 aromatic heterocycles. The lowest BCUT2D eigenvalue weighted by Crippen LogP contribution is -2.48. The molecular formula is C21H36N2O3S. The first-order valence-corrected chi connectivity index (χ1v) is 11.2. The van der Waals surface area contributed by atoms with Crippen LogP contribution in [0, 0.1) is 5.41 Å². The maximum absolute atomic E-state index is 12.0. The number of allylic oxidation sites excluding steroid dienone is 2. The van der Waals surface area contributed by atoms with Crippen LogP contribution in [0.2, 0.25) is 0 Å². The van der Waals surface area contributed by atoms with Crippen LogP contribution in [0.15, 0.2) is 23.0 Å². The van der Waals surface area contributed by atoms with Gasteiger partial charge in [-0.2, -0.15) is 0 Å². The van der Waals surface area contributed by atoms with Gasteiger partial charge in [-0.1, -0.05) is 34.1 Å². The summed E-state index contributed by atoms with van der Waals surface area (Å²) in [6, 6.07) is 0. The highest BCUT2D eigenvalue weighted by Gasteiger charge is 2.35. The van der Waals surface area contributed by atoms with Crippen molar-refractivity contribution in [2.45, 2.75) is 59.3 Å². The summed E-state index contributed by atoms with van der Waals surface area (Å²) in [7, 11) is 0. The van der Waals surface area contributed by atoms with E-state index in [2.05, 4.69) is 43.6 Å². The van der Waals surface area contributed by atoms with Crippen molar-refractivity contribution < 1.29 is 14.6 Å². The lowest BCUT2D eigenvalue weighted by Gasteiger charge is -2.44. The number of carbonyl (C=O) groups is 1. The number of morpholine rings is 1. The molecule has 5 nitrogen and oxygen atoms in total. The second kappa shape index (κ2) is 9.87. The first-order valence-electron chi connectivity index (χ1n) is 10.2. The lowest BCUT2D eigenvalue weighted by atomic mass is 9.85. The van der Waals surface area contributed by atoms with Crippen molar-refractivity contribution in [2.75, 3.05) is 38.6 Å². The van der Waals surface area contributed by atoms with Gasteiger partial charge in [-0.15, -0.1) is 11.8 Å². The van der Waals surface area contributed by atoms with E-state index in [4.69, 9.17) is 4.74 Å². The second-order valence-corrected chi connectivity index (χ2v) is 9.48. The largest absolute Gasteiger partial charge is 0.478 e. The molecule has 2 rings (SSSR count). The molecule has 154 valence electrons. The van der Waals surface area contributed by atoms with Gasteiger partial charge in [0.05, 0.1) is 18.8 Å². The number of rotatable bonds is 9. The first-order chi connectivity index (χ1) is 12.8. The third-order valence-corrected chi connectivity index (χ3v) is 6.83. The number of carboxylic acid groups (broad SMARTS) is 1. The first kappa shape index (κ1) is 22.2. The zero-order valence-electron chi connectivity index (χ0n) is 17.6. The number of hydrogen-bond acceptors (Lipinski definition) is 5. The van der Waals surface area contributed by atoms with Gasteiger partial charge in [0, 0.05) is 19.6 Å². The summed E-state index contributed by atoms with van der Waals surface area (Å²) >= 11 is 1.72. The molecule has 1 saturated heterocycles. The molecular weight excluding hydrogens is 360 g/mol. The number of aliphatic carboxylic acids is 1. The number of thioether (sulfide) groups is 1. The Balaban J connectivity index is 2.29. The molecule has 0 amide bonds. The molecule has 1 fully saturated rings. The van der Waals surface area contributed by atoms with Crippen LogP contribution in [0.25, 0.3) is 0 Å². The van der Waals surface area contributed by atoms with Crippen LogP contribution in [0.1, 0.15) is 53.9 Å². The van der Waals surface area contributed by atoms with Crippen LogP contribution < -0.4 is 0 Å². The molecule has 0 aromatic rings. The summed E-state index contributed by atoms with van der Waals surface area (Å²) in [5, 5.41) is 9.73. The Bertz CT molecular complexity index is 580. The lowest BCUT2D eigenvalue weighted by molar-refractivity contribution is -0.133. The van der Waals surface area contributed by atoms with Crippen LogP contribution >= 0.6 is 11.8 Å². The average Bonchev–Trinajstić information content (AvgIpc) is 2.63. The second-order valence-electron chi connectivity index (χ2n) is 8.13. The molecule has 1 N–H and O–H groups in total. The summed E-state index contributed by atoms with van der Waals surface area (Å²) in [5.74, 6) is 1.26. The molecule has 0 aliphatic carbocycles. The Morgan fingerprint density at radius 2 is 2.00 bits per heavy atom. The quantitative estimate of drug-likeness (QED) is 0.631. The van der Waals surface area contributed by atoms with Crippen LogP contribution in [-0.2, 0) is 9.53 Å². The van der Waals surface area contributed by atoms with Crippen molar-refractivity contribution in [1.82, 2.24) is 9.80 Å². The highest BCUT2D eigenvalue weighted by atomic mass is 32.2. The summed E-state index contributed by atoms with van der Waals surface area (Å²) in [6.45, 7) is 15.0. The summed E-state index contributed by atoms with van der Waals surface area (Å²) in [5.41, 5.74) is 1.74. The van der Waals surface area contributed by atoms with E-state index in [1.54, 1.807) is 11.8 Å². The molecule has 1 atom stereocenters. The van der Waals surface area contributed by atoms with Gasteiger partial charge in [-0.3, -0.25) is 0 Å². The fourth-order valence-electron chi connectivity index (χ4n) is 3.63. The van der Waals surface area contributed by atoms with Gasteiger partial charge in [0.15, 0.2) is 0 Å². The molecule has 2 heterocycles. The van der Waals surface area contributed by atoms with E-state index in [0.29, 0.717) is 11.0 Å².